The monoisotopic (exact) mass is 344 g/mol. The van der Waals surface area contributed by atoms with Crippen LogP contribution in [0.4, 0.5) is 0 Å². The number of ether oxygens (including phenoxy) is 1. The molecule has 0 aliphatic carbocycles. The lowest BCUT2D eigenvalue weighted by molar-refractivity contribution is 0.406. The van der Waals surface area contributed by atoms with E-state index in [1.54, 1.807) is 13.3 Å². The summed E-state index contributed by atoms with van der Waals surface area (Å²) in [5.41, 5.74) is 0.798. The summed E-state index contributed by atoms with van der Waals surface area (Å²) in [4.78, 5) is 12.5. The second kappa shape index (κ2) is 5.69. The summed E-state index contributed by atoms with van der Waals surface area (Å²) in [7, 11) is 1.61. The van der Waals surface area contributed by atoms with Crippen molar-refractivity contribution in [2.45, 2.75) is 6.54 Å². The highest BCUT2D eigenvalue weighted by atomic mass is 79.9. The Morgan fingerprint density at radius 1 is 1.24 bits per heavy atom. The van der Waals surface area contributed by atoms with Gasteiger partial charge < -0.3 is 4.74 Å². The molecule has 0 amide bonds. The number of hydrogen-bond acceptors (Lipinski definition) is 3. The molecule has 0 unspecified atom stereocenters. The molecule has 1 aromatic heterocycles. The maximum Gasteiger partial charge on any atom is 0.274 e. The van der Waals surface area contributed by atoms with Crippen molar-refractivity contribution >= 4 is 26.7 Å². The molecule has 5 heteroatoms. The first kappa shape index (κ1) is 13.8. The molecular formula is C16H13BrN2O2. The van der Waals surface area contributed by atoms with E-state index < -0.39 is 0 Å². The van der Waals surface area contributed by atoms with E-state index in [1.807, 2.05) is 42.5 Å². The lowest BCUT2D eigenvalue weighted by Crippen LogP contribution is -2.23. The standard InChI is InChI=1S/C16H13BrN2O2/c1-21-15-7-6-13(17)8-12(15)10-19-16(20)14-5-3-2-4-11(14)9-18-19/h2-9H,10H2,1H3. The van der Waals surface area contributed by atoms with Gasteiger partial charge in [0, 0.05) is 15.4 Å². The molecule has 0 N–H and O–H groups in total. The average molecular weight is 345 g/mol. The number of aromatic nitrogens is 2. The Balaban J connectivity index is 2.08. The predicted molar refractivity (Wildman–Crippen MR) is 85.8 cm³/mol. The van der Waals surface area contributed by atoms with Crippen LogP contribution in [0.15, 0.2) is 57.9 Å². The van der Waals surface area contributed by atoms with E-state index in [4.69, 9.17) is 4.74 Å². The zero-order valence-corrected chi connectivity index (χ0v) is 13.0. The fourth-order valence-electron chi connectivity index (χ4n) is 2.27. The maximum absolute atomic E-state index is 12.5. The SMILES string of the molecule is COc1ccc(Br)cc1Cn1ncc2ccccc2c1=O. The summed E-state index contributed by atoms with van der Waals surface area (Å²) in [6, 6.07) is 13.1. The fourth-order valence-corrected chi connectivity index (χ4v) is 2.68. The number of hydrogen-bond donors (Lipinski definition) is 0. The second-order valence-electron chi connectivity index (χ2n) is 4.65. The van der Waals surface area contributed by atoms with Gasteiger partial charge in [0.2, 0.25) is 0 Å². The Kier molecular flexibility index (Phi) is 3.75. The Morgan fingerprint density at radius 2 is 2.05 bits per heavy atom. The van der Waals surface area contributed by atoms with Gasteiger partial charge in [-0.05, 0) is 24.3 Å². The van der Waals surface area contributed by atoms with Gasteiger partial charge in [-0.1, -0.05) is 34.1 Å². The molecule has 0 spiro atoms. The van der Waals surface area contributed by atoms with Crippen LogP contribution in [0.5, 0.6) is 5.75 Å². The van der Waals surface area contributed by atoms with Crippen molar-refractivity contribution in [3.05, 3.63) is 69.1 Å². The number of rotatable bonds is 3. The van der Waals surface area contributed by atoms with E-state index in [1.165, 1.54) is 4.68 Å². The zero-order valence-electron chi connectivity index (χ0n) is 11.4. The number of fused-ring (bicyclic) bond motifs is 1. The summed E-state index contributed by atoms with van der Waals surface area (Å²) in [5.74, 6) is 0.736. The minimum Gasteiger partial charge on any atom is -0.496 e. The van der Waals surface area contributed by atoms with Gasteiger partial charge in [0.15, 0.2) is 0 Å². The molecular weight excluding hydrogens is 332 g/mol. The van der Waals surface area contributed by atoms with Gasteiger partial charge in [-0.3, -0.25) is 4.79 Å². The van der Waals surface area contributed by atoms with Gasteiger partial charge in [0.25, 0.3) is 5.56 Å². The number of methoxy groups -OCH3 is 1. The van der Waals surface area contributed by atoms with E-state index >= 15 is 0 Å². The first-order valence-corrected chi connectivity index (χ1v) is 7.25. The molecule has 106 valence electrons. The molecule has 0 fully saturated rings. The molecule has 21 heavy (non-hydrogen) atoms. The van der Waals surface area contributed by atoms with Crippen molar-refractivity contribution in [3.8, 4) is 5.75 Å². The molecule has 0 saturated carbocycles. The second-order valence-corrected chi connectivity index (χ2v) is 5.57. The molecule has 0 atom stereocenters. The third kappa shape index (κ3) is 2.69. The minimum atomic E-state index is -0.102. The highest BCUT2D eigenvalue weighted by molar-refractivity contribution is 9.10. The molecule has 0 aliphatic heterocycles. The van der Waals surface area contributed by atoms with Crippen molar-refractivity contribution in [1.29, 1.82) is 0 Å². The van der Waals surface area contributed by atoms with Crippen LogP contribution in [0.3, 0.4) is 0 Å². The Hall–Kier alpha value is -2.14. The van der Waals surface area contributed by atoms with Gasteiger partial charge in [-0.15, -0.1) is 0 Å². The van der Waals surface area contributed by atoms with Gasteiger partial charge in [-0.25, -0.2) is 4.68 Å². The van der Waals surface area contributed by atoms with Gasteiger partial charge in [-0.2, -0.15) is 5.10 Å². The lowest BCUT2D eigenvalue weighted by Gasteiger charge is -2.10. The Labute approximate surface area is 130 Å². The molecule has 4 nitrogen and oxygen atoms in total. The fraction of sp³-hybridized carbons (Fsp3) is 0.125. The van der Waals surface area contributed by atoms with Crippen LogP contribution in [0.2, 0.25) is 0 Å². The average Bonchev–Trinajstić information content (AvgIpc) is 2.51. The van der Waals surface area contributed by atoms with Gasteiger partial charge >= 0.3 is 0 Å². The van der Waals surface area contributed by atoms with E-state index in [2.05, 4.69) is 21.0 Å². The quantitative estimate of drug-likeness (QED) is 0.732. The summed E-state index contributed by atoms with van der Waals surface area (Å²) >= 11 is 3.43. The topological polar surface area (TPSA) is 44.1 Å². The molecule has 1 heterocycles. The summed E-state index contributed by atoms with van der Waals surface area (Å²) in [6.07, 6.45) is 1.71. The maximum atomic E-state index is 12.5. The van der Waals surface area contributed by atoms with Crippen molar-refractivity contribution in [1.82, 2.24) is 9.78 Å². The molecule has 2 aromatic carbocycles. The van der Waals surface area contributed by atoms with E-state index in [0.29, 0.717) is 11.9 Å². The molecule has 0 aliphatic rings. The van der Waals surface area contributed by atoms with Crippen molar-refractivity contribution in [2.75, 3.05) is 7.11 Å². The van der Waals surface area contributed by atoms with Crippen LogP contribution in [-0.4, -0.2) is 16.9 Å². The normalized spacial score (nSPS) is 10.8. The zero-order chi connectivity index (χ0) is 14.8. The molecule has 0 radical (unpaired) electrons. The first-order chi connectivity index (χ1) is 10.2. The van der Waals surface area contributed by atoms with E-state index in [9.17, 15) is 4.79 Å². The number of halogens is 1. The van der Waals surface area contributed by atoms with E-state index in [-0.39, 0.29) is 5.56 Å². The van der Waals surface area contributed by atoms with Crippen molar-refractivity contribution in [3.63, 3.8) is 0 Å². The number of nitrogens with zero attached hydrogens (tertiary/aromatic N) is 2. The molecule has 0 bridgehead atoms. The van der Waals surface area contributed by atoms with E-state index in [0.717, 1.165) is 21.2 Å². The molecule has 3 aromatic rings. The smallest absolute Gasteiger partial charge is 0.274 e. The highest BCUT2D eigenvalue weighted by Crippen LogP contribution is 2.23. The van der Waals surface area contributed by atoms with Crippen LogP contribution in [0.25, 0.3) is 10.8 Å². The Bertz CT molecular complexity index is 858. The van der Waals surface area contributed by atoms with Gasteiger partial charge in [0.05, 0.1) is 25.2 Å². The third-order valence-electron chi connectivity index (χ3n) is 3.32. The van der Waals surface area contributed by atoms with Crippen LogP contribution in [0, 0.1) is 0 Å². The van der Waals surface area contributed by atoms with Crippen LogP contribution < -0.4 is 10.3 Å². The highest BCUT2D eigenvalue weighted by Gasteiger charge is 2.08. The predicted octanol–water partition coefficient (Wildman–Crippen LogP) is 3.22. The van der Waals surface area contributed by atoms with Gasteiger partial charge in [0.1, 0.15) is 5.75 Å². The number of benzene rings is 2. The largest absolute Gasteiger partial charge is 0.496 e. The van der Waals surface area contributed by atoms with Crippen molar-refractivity contribution < 1.29 is 4.74 Å². The summed E-state index contributed by atoms with van der Waals surface area (Å²) < 4.78 is 7.72. The van der Waals surface area contributed by atoms with Crippen molar-refractivity contribution in [2.24, 2.45) is 0 Å². The first-order valence-electron chi connectivity index (χ1n) is 6.46. The summed E-state index contributed by atoms with van der Waals surface area (Å²) in [5, 5.41) is 5.76. The molecule has 3 rings (SSSR count). The Morgan fingerprint density at radius 3 is 2.86 bits per heavy atom. The van der Waals surface area contributed by atoms with Crippen LogP contribution in [-0.2, 0) is 6.54 Å². The van der Waals surface area contributed by atoms with Crippen LogP contribution >= 0.6 is 15.9 Å². The molecule has 0 saturated heterocycles. The third-order valence-corrected chi connectivity index (χ3v) is 3.82. The minimum absolute atomic E-state index is 0.102. The summed E-state index contributed by atoms with van der Waals surface area (Å²) in [6.45, 7) is 0.367. The lowest BCUT2D eigenvalue weighted by atomic mass is 10.2. The van der Waals surface area contributed by atoms with Crippen LogP contribution in [0.1, 0.15) is 5.56 Å².